The Kier molecular flexibility index (Phi) is 5.96. The van der Waals surface area contributed by atoms with Crippen LogP contribution in [0.15, 0.2) is 39.8 Å². The number of hydrogen-bond acceptors (Lipinski definition) is 5. The lowest BCUT2D eigenvalue weighted by molar-refractivity contribution is -0.133. The lowest BCUT2D eigenvalue weighted by Gasteiger charge is -2.30. The van der Waals surface area contributed by atoms with E-state index in [2.05, 4.69) is 9.88 Å². The quantitative estimate of drug-likeness (QED) is 0.815. The monoisotopic (exact) mass is 391 g/mol. The predicted octanol–water partition coefficient (Wildman–Crippen LogP) is 2.19. The summed E-state index contributed by atoms with van der Waals surface area (Å²) in [5, 5.41) is 3.72. The summed E-state index contributed by atoms with van der Waals surface area (Å²) < 4.78 is 33.5. The molecule has 1 saturated heterocycles. The number of hydrogen-bond donors (Lipinski definition) is 1. The molecule has 2 aromatic rings. The second-order valence-corrected chi connectivity index (χ2v) is 8.55. The van der Waals surface area contributed by atoms with Crippen LogP contribution in [0.3, 0.4) is 0 Å². The van der Waals surface area contributed by atoms with Gasteiger partial charge in [0.2, 0.25) is 15.9 Å². The molecule has 1 fully saturated rings. The molecule has 0 saturated carbocycles. The fraction of sp³-hybridized carbons (Fsp3) is 0.474. The summed E-state index contributed by atoms with van der Waals surface area (Å²) in [4.78, 5) is 14.8. The molecule has 146 valence electrons. The highest BCUT2D eigenvalue weighted by atomic mass is 32.2. The van der Waals surface area contributed by atoms with E-state index in [0.29, 0.717) is 19.5 Å². The Morgan fingerprint density at radius 1 is 1.19 bits per heavy atom. The van der Waals surface area contributed by atoms with E-state index < -0.39 is 16.1 Å². The van der Waals surface area contributed by atoms with Crippen molar-refractivity contribution in [1.82, 2.24) is 14.8 Å². The Bertz CT molecular complexity index is 867. The highest BCUT2D eigenvalue weighted by Crippen LogP contribution is 2.20. The Morgan fingerprint density at radius 2 is 1.85 bits per heavy atom. The van der Waals surface area contributed by atoms with Crippen LogP contribution in [-0.4, -0.2) is 43.5 Å². The molecule has 0 bridgehead atoms. The van der Waals surface area contributed by atoms with E-state index in [4.69, 9.17) is 4.52 Å². The standard InChI is InChI=1S/C19H25N3O4S/c1-14-18(15(2)26-20-14)27(24,25)21-17(13-16-9-5-3-6-10-16)19(23)22-11-7-4-8-12-22/h3,5-6,9-10,17,21H,4,7-8,11-13H2,1-2H3/t17-/m0/s1. The van der Waals surface area contributed by atoms with Gasteiger partial charge in [0.25, 0.3) is 0 Å². The molecule has 1 aromatic heterocycles. The van der Waals surface area contributed by atoms with Crippen molar-refractivity contribution in [2.45, 2.75) is 50.5 Å². The van der Waals surface area contributed by atoms with Crippen LogP contribution in [-0.2, 0) is 21.2 Å². The molecule has 0 radical (unpaired) electrons. The maximum absolute atomic E-state index is 13.1. The summed E-state index contributed by atoms with van der Waals surface area (Å²) in [6.45, 7) is 4.45. The molecule has 1 amide bonds. The van der Waals surface area contributed by atoms with E-state index in [0.717, 1.165) is 24.8 Å². The number of sulfonamides is 1. The Morgan fingerprint density at radius 3 is 2.44 bits per heavy atom. The lowest BCUT2D eigenvalue weighted by atomic mass is 10.0. The van der Waals surface area contributed by atoms with E-state index in [1.807, 2.05) is 30.3 Å². The van der Waals surface area contributed by atoms with E-state index in [-0.39, 0.29) is 22.3 Å². The van der Waals surface area contributed by atoms with Crippen LogP contribution in [0.4, 0.5) is 0 Å². The molecular formula is C19H25N3O4S. The molecule has 0 aliphatic carbocycles. The van der Waals surface area contributed by atoms with Crippen LogP contribution in [0.5, 0.6) is 0 Å². The summed E-state index contributed by atoms with van der Waals surface area (Å²) >= 11 is 0. The van der Waals surface area contributed by atoms with Crippen LogP contribution in [0.25, 0.3) is 0 Å². The number of likely N-dealkylation sites (tertiary alicyclic amines) is 1. The molecule has 3 rings (SSSR count). The van der Waals surface area contributed by atoms with Gasteiger partial charge in [0, 0.05) is 13.1 Å². The second kappa shape index (κ2) is 8.22. The number of carbonyl (C=O) groups is 1. The van der Waals surface area contributed by atoms with Crippen molar-refractivity contribution in [3.63, 3.8) is 0 Å². The van der Waals surface area contributed by atoms with Crippen molar-refractivity contribution in [1.29, 1.82) is 0 Å². The number of aromatic nitrogens is 1. The summed E-state index contributed by atoms with van der Waals surface area (Å²) in [6, 6.07) is 8.55. The molecule has 0 spiro atoms. The van der Waals surface area contributed by atoms with Crippen LogP contribution < -0.4 is 4.72 Å². The normalized spacial score (nSPS) is 16.3. The van der Waals surface area contributed by atoms with Gasteiger partial charge in [-0.1, -0.05) is 35.5 Å². The summed E-state index contributed by atoms with van der Waals surface area (Å²) in [6.07, 6.45) is 3.28. The van der Waals surface area contributed by atoms with Gasteiger partial charge in [0.1, 0.15) is 16.6 Å². The Labute approximate surface area is 159 Å². The predicted molar refractivity (Wildman–Crippen MR) is 101 cm³/mol. The maximum Gasteiger partial charge on any atom is 0.246 e. The minimum Gasteiger partial charge on any atom is -0.360 e. The molecule has 2 heterocycles. The first-order chi connectivity index (χ1) is 12.9. The summed E-state index contributed by atoms with van der Waals surface area (Å²) in [5.41, 5.74) is 1.18. The molecule has 27 heavy (non-hydrogen) atoms. The first kappa shape index (κ1) is 19.6. The smallest absolute Gasteiger partial charge is 0.246 e. The molecule has 8 heteroatoms. The van der Waals surface area contributed by atoms with Gasteiger partial charge in [-0.25, -0.2) is 8.42 Å². The van der Waals surface area contributed by atoms with Gasteiger partial charge in [-0.05, 0) is 45.1 Å². The van der Waals surface area contributed by atoms with Gasteiger partial charge in [0.05, 0.1) is 0 Å². The first-order valence-electron chi connectivity index (χ1n) is 9.16. The van der Waals surface area contributed by atoms with E-state index in [9.17, 15) is 13.2 Å². The minimum absolute atomic E-state index is 0.00649. The maximum atomic E-state index is 13.1. The highest BCUT2D eigenvalue weighted by molar-refractivity contribution is 7.89. The number of nitrogens with one attached hydrogen (secondary N) is 1. The van der Waals surface area contributed by atoms with Crippen molar-refractivity contribution in [2.24, 2.45) is 0 Å². The van der Waals surface area contributed by atoms with Crippen molar-refractivity contribution < 1.29 is 17.7 Å². The number of rotatable bonds is 6. The van der Waals surface area contributed by atoms with E-state index >= 15 is 0 Å². The third-order valence-corrected chi connectivity index (χ3v) is 6.50. The molecule has 1 aromatic carbocycles. The fourth-order valence-corrected chi connectivity index (χ4v) is 4.99. The summed E-state index contributed by atoms with van der Waals surface area (Å²) in [7, 11) is -3.94. The van der Waals surface area contributed by atoms with Gasteiger partial charge in [-0.3, -0.25) is 4.79 Å². The number of benzene rings is 1. The topological polar surface area (TPSA) is 92.5 Å². The number of piperidine rings is 1. The Hall–Kier alpha value is -2.19. The number of carbonyl (C=O) groups excluding carboxylic acids is 1. The van der Waals surface area contributed by atoms with Gasteiger partial charge in [-0.15, -0.1) is 0 Å². The third kappa shape index (κ3) is 4.56. The highest BCUT2D eigenvalue weighted by Gasteiger charge is 2.33. The SMILES string of the molecule is Cc1noc(C)c1S(=O)(=O)N[C@@H](Cc1ccccc1)C(=O)N1CCCCC1. The lowest BCUT2D eigenvalue weighted by Crippen LogP contribution is -2.51. The largest absolute Gasteiger partial charge is 0.360 e. The van der Waals surface area contributed by atoms with Crippen molar-refractivity contribution >= 4 is 15.9 Å². The Balaban J connectivity index is 1.88. The molecule has 0 unspecified atom stereocenters. The zero-order valence-electron chi connectivity index (χ0n) is 15.6. The van der Waals surface area contributed by atoms with Gasteiger partial charge in [0.15, 0.2) is 5.76 Å². The second-order valence-electron chi connectivity index (χ2n) is 6.90. The summed E-state index contributed by atoms with van der Waals surface area (Å²) in [5.74, 6) is 0.0257. The average molecular weight is 391 g/mol. The number of aryl methyl sites for hydroxylation is 2. The molecule has 7 nitrogen and oxygen atoms in total. The van der Waals surface area contributed by atoms with Crippen molar-refractivity contribution in [3.05, 3.63) is 47.3 Å². The molecule has 1 N–H and O–H groups in total. The fourth-order valence-electron chi connectivity index (χ4n) is 3.47. The third-order valence-electron chi connectivity index (χ3n) is 4.78. The molecule has 1 aliphatic heterocycles. The van der Waals surface area contributed by atoms with Crippen LogP contribution in [0.1, 0.15) is 36.3 Å². The van der Waals surface area contributed by atoms with E-state index in [1.54, 1.807) is 18.7 Å². The molecule has 1 aliphatic rings. The van der Waals surface area contributed by atoms with E-state index in [1.165, 1.54) is 0 Å². The zero-order valence-corrected chi connectivity index (χ0v) is 16.5. The zero-order chi connectivity index (χ0) is 19.4. The number of nitrogens with zero attached hydrogens (tertiary/aromatic N) is 2. The van der Waals surface area contributed by atoms with Gasteiger partial charge < -0.3 is 9.42 Å². The van der Waals surface area contributed by atoms with Crippen LogP contribution in [0.2, 0.25) is 0 Å². The van der Waals surface area contributed by atoms with Gasteiger partial charge >= 0.3 is 0 Å². The van der Waals surface area contributed by atoms with Gasteiger partial charge in [-0.2, -0.15) is 4.72 Å². The molecular weight excluding hydrogens is 366 g/mol. The van der Waals surface area contributed by atoms with Crippen LogP contribution in [0, 0.1) is 13.8 Å². The van der Waals surface area contributed by atoms with Crippen molar-refractivity contribution in [2.75, 3.05) is 13.1 Å². The minimum atomic E-state index is -3.94. The molecule has 1 atom stereocenters. The van der Waals surface area contributed by atoms with Crippen LogP contribution >= 0.6 is 0 Å². The van der Waals surface area contributed by atoms with Crippen molar-refractivity contribution in [3.8, 4) is 0 Å². The average Bonchev–Trinajstić information content (AvgIpc) is 3.01. The first-order valence-corrected chi connectivity index (χ1v) is 10.6. The number of amides is 1.